The predicted octanol–water partition coefficient (Wildman–Crippen LogP) is 3.75. The van der Waals surface area contributed by atoms with Gasteiger partial charge in [-0.05, 0) is 25.2 Å². The van der Waals surface area contributed by atoms with E-state index in [1.165, 1.54) is 19.3 Å². The van der Waals surface area contributed by atoms with Gasteiger partial charge in [-0.3, -0.25) is 0 Å². The van der Waals surface area contributed by atoms with Crippen molar-refractivity contribution in [1.29, 1.82) is 0 Å². The number of hydrogen-bond acceptors (Lipinski definition) is 2. The van der Waals surface area contributed by atoms with E-state index in [-0.39, 0.29) is 6.04 Å². The third-order valence-electron chi connectivity index (χ3n) is 3.99. The van der Waals surface area contributed by atoms with E-state index < -0.39 is 0 Å². The van der Waals surface area contributed by atoms with Crippen LogP contribution in [0.1, 0.15) is 37.8 Å². The van der Waals surface area contributed by atoms with Crippen molar-refractivity contribution in [1.82, 2.24) is 5.32 Å². The van der Waals surface area contributed by atoms with Crippen molar-refractivity contribution in [2.45, 2.75) is 38.3 Å². The van der Waals surface area contributed by atoms with Crippen LogP contribution in [0.4, 0.5) is 0 Å². The fourth-order valence-electron chi connectivity index (χ4n) is 2.64. The molecule has 0 aromatic heterocycles. The zero-order valence-corrected chi connectivity index (χ0v) is 10.7. The first kappa shape index (κ1) is 11.5. The highest BCUT2D eigenvalue weighted by atomic mass is 16.3. The molecule has 1 fully saturated rings. The molecule has 2 heteroatoms. The number of rotatable bonds is 3. The highest BCUT2D eigenvalue weighted by Gasteiger charge is 2.21. The van der Waals surface area contributed by atoms with Gasteiger partial charge < -0.3 is 10.4 Å². The fraction of sp³-hybridized carbons (Fsp3) is 0.375. The maximum absolute atomic E-state index is 10.4. The van der Waals surface area contributed by atoms with Crippen LogP contribution in [0.25, 0.3) is 10.8 Å². The van der Waals surface area contributed by atoms with Crippen molar-refractivity contribution >= 4 is 10.8 Å². The highest BCUT2D eigenvalue weighted by Crippen LogP contribution is 2.33. The van der Waals surface area contributed by atoms with Gasteiger partial charge in [-0.25, -0.2) is 0 Å². The maximum Gasteiger partial charge on any atom is 0.128 e. The lowest BCUT2D eigenvalue weighted by molar-refractivity contribution is 0.310. The van der Waals surface area contributed by atoms with Crippen molar-refractivity contribution in [2.75, 3.05) is 0 Å². The Hall–Kier alpha value is -1.54. The second-order valence-electron chi connectivity index (χ2n) is 5.24. The van der Waals surface area contributed by atoms with Crippen molar-refractivity contribution in [2.24, 2.45) is 0 Å². The Labute approximate surface area is 108 Å². The molecule has 1 unspecified atom stereocenters. The molecule has 0 radical (unpaired) electrons. The molecule has 0 saturated heterocycles. The third kappa shape index (κ3) is 1.97. The summed E-state index contributed by atoms with van der Waals surface area (Å²) in [5.41, 5.74) is 1.00. The molecule has 0 aliphatic heterocycles. The Kier molecular flexibility index (Phi) is 2.96. The van der Waals surface area contributed by atoms with Crippen LogP contribution in [0.3, 0.4) is 0 Å². The van der Waals surface area contributed by atoms with Gasteiger partial charge in [0.25, 0.3) is 0 Å². The zero-order chi connectivity index (χ0) is 12.5. The molecule has 94 valence electrons. The molecule has 2 nitrogen and oxygen atoms in total. The van der Waals surface area contributed by atoms with Gasteiger partial charge in [-0.2, -0.15) is 0 Å². The summed E-state index contributed by atoms with van der Waals surface area (Å²) in [5.74, 6) is 0.424. The normalized spacial score (nSPS) is 17.6. The van der Waals surface area contributed by atoms with Crippen molar-refractivity contribution in [3.8, 4) is 5.75 Å². The molecule has 1 aliphatic carbocycles. The molecule has 2 aromatic rings. The maximum atomic E-state index is 10.4. The Morgan fingerprint density at radius 1 is 1.17 bits per heavy atom. The summed E-state index contributed by atoms with van der Waals surface area (Å²) in [6.45, 7) is 2.13. The van der Waals surface area contributed by atoms with Crippen LogP contribution in [0.2, 0.25) is 0 Å². The number of hydrogen-bond donors (Lipinski definition) is 2. The Bertz CT molecular complexity index is 560. The second kappa shape index (κ2) is 4.62. The molecule has 1 aliphatic rings. The van der Waals surface area contributed by atoms with E-state index in [4.69, 9.17) is 0 Å². The molecule has 0 bridgehead atoms. The first-order chi connectivity index (χ1) is 8.75. The monoisotopic (exact) mass is 241 g/mol. The molecule has 0 heterocycles. The van der Waals surface area contributed by atoms with Crippen LogP contribution >= 0.6 is 0 Å². The van der Waals surface area contributed by atoms with Crippen molar-refractivity contribution in [3.05, 3.63) is 42.0 Å². The van der Waals surface area contributed by atoms with Gasteiger partial charge in [-0.15, -0.1) is 0 Å². The lowest BCUT2D eigenvalue weighted by atomic mass is 9.91. The first-order valence-corrected chi connectivity index (χ1v) is 6.72. The summed E-state index contributed by atoms with van der Waals surface area (Å²) < 4.78 is 0. The van der Waals surface area contributed by atoms with E-state index in [9.17, 15) is 5.11 Å². The quantitative estimate of drug-likeness (QED) is 0.857. The van der Waals surface area contributed by atoms with E-state index >= 15 is 0 Å². The number of fused-ring (bicyclic) bond motifs is 1. The van der Waals surface area contributed by atoms with E-state index in [2.05, 4.69) is 18.3 Å². The summed E-state index contributed by atoms with van der Waals surface area (Å²) in [5, 5.41) is 16.0. The molecule has 1 saturated carbocycles. The van der Waals surface area contributed by atoms with Gasteiger partial charge in [0, 0.05) is 23.0 Å². The fourth-order valence-corrected chi connectivity index (χ4v) is 2.64. The second-order valence-corrected chi connectivity index (χ2v) is 5.24. The van der Waals surface area contributed by atoms with Gasteiger partial charge in [-0.1, -0.05) is 42.8 Å². The van der Waals surface area contributed by atoms with E-state index in [1.54, 1.807) is 0 Å². The minimum atomic E-state index is 0.208. The number of benzene rings is 2. The molecule has 18 heavy (non-hydrogen) atoms. The van der Waals surface area contributed by atoms with Crippen LogP contribution in [0, 0.1) is 0 Å². The molecule has 0 amide bonds. The Balaban J connectivity index is 1.93. The van der Waals surface area contributed by atoms with Gasteiger partial charge in [0.1, 0.15) is 5.75 Å². The Morgan fingerprint density at radius 2 is 1.94 bits per heavy atom. The molecular weight excluding hydrogens is 222 g/mol. The summed E-state index contributed by atoms with van der Waals surface area (Å²) in [6, 6.07) is 12.9. The smallest absolute Gasteiger partial charge is 0.128 e. The summed E-state index contributed by atoms with van der Waals surface area (Å²) >= 11 is 0. The van der Waals surface area contributed by atoms with Crippen LogP contribution in [0.5, 0.6) is 5.75 Å². The van der Waals surface area contributed by atoms with Gasteiger partial charge in [0.2, 0.25) is 0 Å². The highest BCUT2D eigenvalue weighted by molar-refractivity contribution is 5.89. The van der Waals surface area contributed by atoms with E-state index in [1.807, 2.05) is 30.3 Å². The van der Waals surface area contributed by atoms with Gasteiger partial charge in [0.05, 0.1) is 0 Å². The summed E-state index contributed by atoms with van der Waals surface area (Å²) in [4.78, 5) is 0. The minimum Gasteiger partial charge on any atom is -0.507 e. The third-order valence-corrected chi connectivity index (χ3v) is 3.99. The van der Waals surface area contributed by atoms with Crippen LogP contribution in [-0.2, 0) is 0 Å². The molecular formula is C16H19NO. The predicted molar refractivity (Wildman–Crippen MR) is 74.8 cm³/mol. The average molecular weight is 241 g/mol. The average Bonchev–Trinajstić information content (AvgIpc) is 2.34. The Morgan fingerprint density at radius 3 is 2.67 bits per heavy atom. The number of phenolic OH excluding ortho intramolecular Hbond substituents is 1. The zero-order valence-electron chi connectivity index (χ0n) is 10.7. The lowest BCUT2D eigenvalue weighted by Gasteiger charge is -2.30. The topological polar surface area (TPSA) is 32.3 Å². The molecule has 0 spiro atoms. The standard InChI is InChI=1S/C16H19NO/c1-11(17-13-6-4-7-13)14-10-9-12-5-2-3-8-15(12)16(14)18/h2-3,5,8-11,13,17-18H,4,6-7H2,1H3. The number of phenols is 1. The SMILES string of the molecule is CC(NC1CCC1)c1ccc2ccccc2c1O. The summed E-state index contributed by atoms with van der Waals surface area (Å²) in [6.07, 6.45) is 3.85. The van der Waals surface area contributed by atoms with Crippen molar-refractivity contribution in [3.63, 3.8) is 0 Å². The van der Waals surface area contributed by atoms with Gasteiger partial charge >= 0.3 is 0 Å². The molecule has 2 N–H and O–H groups in total. The number of aromatic hydroxyl groups is 1. The van der Waals surface area contributed by atoms with Crippen LogP contribution in [0.15, 0.2) is 36.4 Å². The summed E-state index contributed by atoms with van der Waals surface area (Å²) in [7, 11) is 0. The number of nitrogens with one attached hydrogen (secondary N) is 1. The van der Waals surface area contributed by atoms with Gasteiger partial charge in [0.15, 0.2) is 0 Å². The minimum absolute atomic E-state index is 0.208. The first-order valence-electron chi connectivity index (χ1n) is 6.72. The van der Waals surface area contributed by atoms with E-state index in [0.29, 0.717) is 11.8 Å². The largest absolute Gasteiger partial charge is 0.507 e. The van der Waals surface area contributed by atoms with Crippen LogP contribution in [-0.4, -0.2) is 11.1 Å². The molecule has 2 aromatic carbocycles. The van der Waals surface area contributed by atoms with E-state index in [0.717, 1.165) is 16.3 Å². The van der Waals surface area contributed by atoms with Crippen LogP contribution < -0.4 is 5.32 Å². The van der Waals surface area contributed by atoms with Crippen molar-refractivity contribution < 1.29 is 5.11 Å². The molecule has 3 rings (SSSR count). The lowest BCUT2D eigenvalue weighted by Crippen LogP contribution is -2.36. The molecule has 1 atom stereocenters.